The number of aryl methyl sites for hydroxylation is 1. The lowest BCUT2D eigenvalue weighted by Crippen LogP contribution is -2.49. The van der Waals surface area contributed by atoms with Crippen LogP contribution < -0.4 is 20.9 Å². The summed E-state index contributed by atoms with van der Waals surface area (Å²) in [6, 6.07) is 4.76. The molecule has 2 fully saturated rings. The van der Waals surface area contributed by atoms with Gasteiger partial charge in [0, 0.05) is 29.4 Å². The van der Waals surface area contributed by atoms with Crippen molar-refractivity contribution >= 4 is 56.5 Å². The molecule has 2 atom stereocenters. The van der Waals surface area contributed by atoms with E-state index in [-0.39, 0.29) is 35.0 Å². The minimum atomic E-state index is -0.452. The molecule has 1 aliphatic carbocycles. The first kappa shape index (κ1) is 29.7. The minimum absolute atomic E-state index is 0.0487. The van der Waals surface area contributed by atoms with Crippen LogP contribution in [0.2, 0.25) is 0 Å². The number of pyridine rings is 2. The van der Waals surface area contributed by atoms with Crippen LogP contribution in [0.15, 0.2) is 36.2 Å². The van der Waals surface area contributed by atoms with Crippen molar-refractivity contribution in [2.45, 2.75) is 65.5 Å². The molecule has 44 heavy (non-hydrogen) atoms. The summed E-state index contributed by atoms with van der Waals surface area (Å²) in [6.07, 6.45) is 8.05. The molecule has 2 aliphatic heterocycles. The number of nitrogens with zero attached hydrogens (tertiary/aromatic N) is 4. The van der Waals surface area contributed by atoms with E-state index in [0.29, 0.717) is 64.1 Å². The molecule has 0 spiro atoms. The average Bonchev–Trinajstić information content (AvgIpc) is 3.56. The summed E-state index contributed by atoms with van der Waals surface area (Å²) in [7, 11) is 0. The number of carbonyl (C=O) groups excluding carboxylic acids is 3. The van der Waals surface area contributed by atoms with Crippen LogP contribution in [0.1, 0.15) is 61.0 Å². The molecule has 3 aromatic rings. The van der Waals surface area contributed by atoms with Gasteiger partial charge in [0.05, 0.1) is 41.9 Å². The molecular weight excluding hydrogens is 578 g/mol. The van der Waals surface area contributed by atoms with Gasteiger partial charge in [0.2, 0.25) is 0 Å². The topological polar surface area (TPSA) is 149 Å². The fourth-order valence-electron chi connectivity index (χ4n) is 6.14. The van der Waals surface area contributed by atoms with Crippen molar-refractivity contribution in [2.24, 2.45) is 11.3 Å². The molecule has 0 aromatic carbocycles. The number of nitriles is 1. The zero-order valence-corrected chi connectivity index (χ0v) is 26.0. The Morgan fingerprint density at radius 3 is 2.66 bits per heavy atom. The van der Waals surface area contributed by atoms with E-state index in [4.69, 9.17) is 4.74 Å². The summed E-state index contributed by atoms with van der Waals surface area (Å²) in [6.45, 7) is 9.12. The number of urea groups is 1. The number of hydrogen-bond donors (Lipinski definition) is 3. The number of thiophene rings is 1. The van der Waals surface area contributed by atoms with Crippen LogP contribution in [0.4, 0.5) is 21.9 Å². The van der Waals surface area contributed by atoms with Gasteiger partial charge < -0.3 is 20.7 Å². The van der Waals surface area contributed by atoms with Crippen molar-refractivity contribution in [1.29, 1.82) is 5.26 Å². The standard InChI is InChI=1S/C32H35N7O4S/c1-17(2)10-20-11-18(3)24(14-35-20)39-23-8-9-34-30-25(23)26(38-31(39)42)27(44-30)29(41)37-22-7-5-6-21(22)36-28(40)19(13-33)12-32(4)15-43-16-32/h8-9,11-12,14,17,21-22H,5-7,10,15-16H2,1-4H3,(H,36,40)(H,37,41)(H,38,42)/b19-12+/t21-,22+/m0/s1. The summed E-state index contributed by atoms with van der Waals surface area (Å²) in [4.78, 5) is 51.9. The molecular formula is C32H35N7O4S. The zero-order chi connectivity index (χ0) is 31.2. The highest BCUT2D eigenvalue weighted by atomic mass is 32.1. The molecule has 1 saturated heterocycles. The second-order valence-corrected chi connectivity index (χ2v) is 13.5. The van der Waals surface area contributed by atoms with E-state index in [1.54, 1.807) is 29.4 Å². The lowest BCUT2D eigenvalue weighted by atomic mass is 9.86. The van der Waals surface area contributed by atoms with Crippen molar-refractivity contribution in [2.75, 3.05) is 23.4 Å². The summed E-state index contributed by atoms with van der Waals surface area (Å²) >= 11 is 1.21. The predicted molar refractivity (Wildman–Crippen MR) is 168 cm³/mol. The van der Waals surface area contributed by atoms with Gasteiger partial charge in [-0.05, 0) is 56.2 Å². The Morgan fingerprint density at radius 1 is 1.25 bits per heavy atom. The summed E-state index contributed by atoms with van der Waals surface area (Å²) in [5.41, 5.74) is 3.35. The van der Waals surface area contributed by atoms with E-state index >= 15 is 0 Å². The molecule has 0 radical (unpaired) electrons. The van der Waals surface area contributed by atoms with Crippen LogP contribution in [0.25, 0.3) is 10.2 Å². The highest BCUT2D eigenvalue weighted by Gasteiger charge is 2.37. The fourth-order valence-corrected chi connectivity index (χ4v) is 7.17. The van der Waals surface area contributed by atoms with E-state index in [2.05, 4.69) is 39.8 Å². The van der Waals surface area contributed by atoms with Gasteiger partial charge in [-0.25, -0.2) is 9.78 Å². The predicted octanol–water partition coefficient (Wildman–Crippen LogP) is 5.14. The second kappa shape index (κ2) is 11.6. The van der Waals surface area contributed by atoms with E-state index in [1.807, 2.05) is 26.0 Å². The molecule has 6 rings (SSSR count). The Balaban J connectivity index is 1.23. The van der Waals surface area contributed by atoms with Crippen LogP contribution in [-0.4, -0.2) is 53.1 Å². The van der Waals surface area contributed by atoms with Gasteiger partial charge in [0.15, 0.2) is 0 Å². The van der Waals surface area contributed by atoms with Gasteiger partial charge in [-0.3, -0.25) is 19.5 Å². The van der Waals surface area contributed by atoms with Crippen molar-refractivity contribution < 1.29 is 19.1 Å². The molecule has 0 bridgehead atoms. The first-order valence-corrected chi connectivity index (χ1v) is 15.7. The van der Waals surface area contributed by atoms with Gasteiger partial charge in [-0.15, -0.1) is 11.3 Å². The highest BCUT2D eigenvalue weighted by Crippen LogP contribution is 2.46. The third-order valence-electron chi connectivity index (χ3n) is 8.32. The van der Waals surface area contributed by atoms with Gasteiger partial charge in [-0.2, -0.15) is 5.26 Å². The van der Waals surface area contributed by atoms with Gasteiger partial charge in [0.1, 0.15) is 21.3 Å². The molecule has 3 aliphatic rings. The van der Waals surface area contributed by atoms with Crippen LogP contribution in [0.5, 0.6) is 0 Å². The Hall–Kier alpha value is -4.34. The van der Waals surface area contributed by atoms with Crippen LogP contribution in [-0.2, 0) is 16.0 Å². The lowest BCUT2D eigenvalue weighted by molar-refractivity contribution is -0.118. The molecule has 228 valence electrons. The maximum Gasteiger partial charge on any atom is 0.331 e. The second-order valence-electron chi connectivity index (χ2n) is 12.5. The number of rotatable bonds is 8. The van der Waals surface area contributed by atoms with Gasteiger partial charge >= 0.3 is 6.03 Å². The number of aromatic nitrogens is 2. The lowest BCUT2D eigenvalue weighted by Gasteiger charge is -2.35. The van der Waals surface area contributed by atoms with Crippen molar-refractivity contribution in [3.05, 3.63) is 52.3 Å². The molecule has 4 amide bonds. The largest absolute Gasteiger partial charge is 0.379 e. The molecule has 11 nitrogen and oxygen atoms in total. The maximum atomic E-state index is 13.7. The first-order valence-electron chi connectivity index (χ1n) is 14.9. The summed E-state index contributed by atoms with van der Waals surface area (Å²) in [5.74, 6) is -0.339. The Kier molecular flexibility index (Phi) is 7.86. The average molecular weight is 614 g/mol. The monoisotopic (exact) mass is 613 g/mol. The Bertz CT molecular complexity index is 1740. The number of ether oxygens (including phenoxy) is 1. The number of nitrogens with one attached hydrogen (secondary N) is 3. The molecule has 0 unspecified atom stereocenters. The zero-order valence-electron chi connectivity index (χ0n) is 25.2. The highest BCUT2D eigenvalue weighted by molar-refractivity contribution is 7.21. The molecule has 5 heterocycles. The number of anilines is 3. The SMILES string of the molecule is Cc1cc(CC(C)C)ncc1N1C(=O)Nc2c(C(=O)N[C@@H]3CCC[C@@H]3NC(=O)/C(C#N)=C/C3(C)COC3)sc3nccc1c23. The van der Waals surface area contributed by atoms with Crippen LogP contribution >= 0.6 is 11.3 Å². The minimum Gasteiger partial charge on any atom is -0.379 e. The van der Waals surface area contributed by atoms with Crippen molar-refractivity contribution in [3.63, 3.8) is 0 Å². The van der Waals surface area contributed by atoms with E-state index in [9.17, 15) is 19.6 Å². The Labute approximate surface area is 259 Å². The van der Waals surface area contributed by atoms with Crippen molar-refractivity contribution in [3.8, 4) is 6.07 Å². The van der Waals surface area contributed by atoms with Crippen molar-refractivity contribution in [1.82, 2.24) is 20.6 Å². The van der Waals surface area contributed by atoms with E-state index in [0.717, 1.165) is 24.1 Å². The Morgan fingerprint density at radius 2 is 2.00 bits per heavy atom. The summed E-state index contributed by atoms with van der Waals surface area (Å²) < 4.78 is 5.24. The normalized spacial score (nSPS) is 20.7. The van der Waals surface area contributed by atoms with Crippen LogP contribution in [0.3, 0.4) is 0 Å². The van der Waals surface area contributed by atoms with E-state index < -0.39 is 5.91 Å². The number of hydrogen-bond acceptors (Lipinski definition) is 8. The van der Waals surface area contributed by atoms with E-state index in [1.165, 1.54) is 11.3 Å². The van der Waals surface area contributed by atoms with Gasteiger partial charge in [0.25, 0.3) is 11.8 Å². The molecule has 3 N–H and O–H groups in total. The maximum absolute atomic E-state index is 13.7. The number of carbonyl (C=O) groups is 3. The smallest absolute Gasteiger partial charge is 0.331 e. The molecule has 1 saturated carbocycles. The summed E-state index contributed by atoms with van der Waals surface area (Å²) in [5, 5.41) is 19.3. The quantitative estimate of drug-likeness (QED) is 0.235. The fraction of sp³-hybridized carbons (Fsp3) is 0.438. The first-order chi connectivity index (χ1) is 21.1. The molecule has 12 heteroatoms. The van der Waals surface area contributed by atoms with Crippen LogP contribution in [0, 0.1) is 29.6 Å². The molecule has 3 aromatic heterocycles. The van der Waals surface area contributed by atoms with Gasteiger partial charge in [-0.1, -0.05) is 26.8 Å². The third kappa shape index (κ3) is 5.53. The number of amides is 4. The third-order valence-corrected chi connectivity index (χ3v) is 9.42.